The highest BCUT2D eigenvalue weighted by Crippen LogP contribution is 2.46. The number of hydrogen-bond acceptors (Lipinski definition) is 3. The van der Waals surface area contributed by atoms with Gasteiger partial charge in [0.2, 0.25) is 0 Å². The predicted octanol–water partition coefficient (Wildman–Crippen LogP) is 5.90. The fourth-order valence-electron chi connectivity index (χ4n) is 4.25. The third-order valence-electron chi connectivity index (χ3n) is 5.98. The second-order valence-corrected chi connectivity index (χ2v) is 8.50. The van der Waals surface area contributed by atoms with Crippen LogP contribution in [0.2, 0.25) is 10.0 Å². The molecule has 0 saturated heterocycles. The van der Waals surface area contributed by atoms with Gasteiger partial charge in [-0.25, -0.2) is 8.78 Å². The first-order valence-corrected chi connectivity index (χ1v) is 10.3. The second-order valence-electron chi connectivity index (χ2n) is 7.69. The minimum absolute atomic E-state index is 0.0633. The standard InChI is InChI=1S/C22H17Cl2F2NO4/c1-9-16(17(22(30)31)10-3-2-4-10)18-15(8-14(25)20(28)19(18)26)27(9)21(29)11-5-6-12(23)13(24)7-11/h5-8,10,17,28H,2-4H2,1H3,(H,30,31). The number of benzene rings is 2. The van der Waals surface area contributed by atoms with Crippen LogP contribution >= 0.6 is 23.2 Å². The molecule has 5 nitrogen and oxygen atoms in total. The van der Waals surface area contributed by atoms with Crippen molar-refractivity contribution in [3.63, 3.8) is 0 Å². The number of carbonyl (C=O) groups is 2. The van der Waals surface area contributed by atoms with Crippen LogP contribution in [0.1, 0.15) is 46.8 Å². The average Bonchev–Trinajstić information content (AvgIpc) is 2.95. The van der Waals surface area contributed by atoms with Crippen molar-refractivity contribution in [2.75, 3.05) is 0 Å². The zero-order valence-electron chi connectivity index (χ0n) is 16.3. The monoisotopic (exact) mass is 467 g/mol. The third kappa shape index (κ3) is 3.36. The highest BCUT2D eigenvalue weighted by atomic mass is 35.5. The van der Waals surface area contributed by atoms with Crippen molar-refractivity contribution in [1.29, 1.82) is 0 Å². The van der Waals surface area contributed by atoms with Gasteiger partial charge < -0.3 is 10.2 Å². The lowest BCUT2D eigenvalue weighted by atomic mass is 9.72. The van der Waals surface area contributed by atoms with Crippen molar-refractivity contribution in [3.05, 3.63) is 62.8 Å². The fraction of sp³-hybridized carbons (Fsp3) is 0.273. The van der Waals surface area contributed by atoms with Gasteiger partial charge in [0.25, 0.3) is 5.91 Å². The normalized spacial score (nSPS) is 15.1. The number of phenols is 1. The lowest BCUT2D eigenvalue weighted by molar-refractivity contribution is -0.141. The number of rotatable bonds is 4. The van der Waals surface area contributed by atoms with E-state index in [0.29, 0.717) is 12.8 Å². The van der Waals surface area contributed by atoms with Crippen LogP contribution < -0.4 is 0 Å². The summed E-state index contributed by atoms with van der Waals surface area (Å²) >= 11 is 11.9. The van der Waals surface area contributed by atoms with E-state index in [0.717, 1.165) is 17.1 Å². The van der Waals surface area contributed by atoms with Crippen molar-refractivity contribution in [3.8, 4) is 5.75 Å². The molecule has 162 valence electrons. The van der Waals surface area contributed by atoms with Crippen LogP contribution in [0.25, 0.3) is 10.9 Å². The number of phenolic OH excluding ortho intramolecular Hbond substituents is 1. The van der Waals surface area contributed by atoms with Gasteiger partial charge in [-0.05, 0) is 49.4 Å². The molecular formula is C22H17Cl2F2NO4. The molecule has 1 atom stereocenters. The lowest BCUT2D eigenvalue weighted by Crippen LogP contribution is -2.27. The van der Waals surface area contributed by atoms with Crippen LogP contribution in [0.4, 0.5) is 8.78 Å². The molecule has 0 aliphatic heterocycles. The summed E-state index contributed by atoms with van der Waals surface area (Å²) in [6.07, 6.45) is 2.12. The number of aromatic nitrogens is 1. The molecule has 1 fully saturated rings. The van der Waals surface area contributed by atoms with Gasteiger partial charge in [0.05, 0.1) is 21.5 Å². The molecule has 31 heavy (non-hydrogen) atoms. The molecule has 2 aromatic carbocycles. The molecule has 1 unspecified atom stereocenters. The number of fused-ring (bicyclic) bond motifs is 1. The van der Waals surface area contributed by atoms with Crippen LogP contribution in [-0.2, 0) is 4.79 Å². The lowest BCUT2D eigenvalue weighted by Gasteiger charge is -2.31. The largest absolute Gasteiger partial charge is 0.503 e. The molecule has 1 saturated carbocycles. The summed E-state index contributed by atoms with van der Waals surface area (Å²) in [5, 5.41) is 19.8. The summed E-state index contributed by atoms with van der Waals surface area (Å²) in [5.41, 5.74) is 0.162. The smallest absolute Gasteiger partial charge is 0.311 e. The maximum Gasteiger partial charge on any atom is 0.311 e. The maximum atomic E-state index is 15.1. The van der Waals surface area contributed by atoms with Gasteiger partial charge in [-0.3, -0.25) is 14.2 Å². The molecule has 0 spiro atoms. The van der Waals surface area contributed by atoms with E-state index in [2.05, 4.69) is 0 Å². The molecule has 9 heteroatoms. The van der Waals surface area contributed by atoms with Crippen molar-refractivity contribution in [2.24, 2.45) is 5.92 Å². The number of hydrogen-bond donors (Lipinski definition) is 2. The first kappa shape index (κ1) is 21.6. The Kier molecular flexibility index (Phi) is 5.43. The van der Waals surface area contributed by atoms with E-state index in [1.165, 1.54) is 25.1 Å². The summed E-state index contributed by atoms with van der Waals surface area (Å²) < 4.78 is 30.4. The molecule has 4 rings (SSSR count). The Hall–Kier alpha value is -2.64. The molecule has 2 N–H and O–H groups in total. The van der Waals surface area contributed by atoms with Gasteiger partial charge in [0.1, 0.15) is 0 Å². The number of aliphatic carboxylic acids is 1. The van der Waals surface area contributed by atoms with Gasteiger partial charge in [-0.2, -0.15) is 0 Å². The van der Waals surface area contributed by atoms with E-state index in [1.54, 1.807) is 0 Å². The Morgan fingerprint density at radius 3 is 2.39 bits per heavy atom. The zero-order valence-corrected chi connectivity index (χ0v) is 17.8. The van der Waals surface area contributed by atoms with Crippen LogP contribution in [0, 0.1) is 24.5 Å². The molecule has 1 aromatic heterocycles. The Morgan fingerprint density at radius 1 is 1.16 bits per heavy atom. The fourth-order valence-corrected chi connectivity index (χ4v) is 4.54. The van der Waals surface area contributed by atoms with Crippen molar-refractivity contribution >= 4 is 46.0 Å². The van der Waals surface area contributed by atoms with Crippen LogP contribution in [0.5, 0.6) is 5.75 Å². The second kappa shape index (κ2) is 7.80. The molecular weight excluding hydrogens is 451 g/mol. The highest BCUT2D eigenvalue weighted by Gasteiger charge is 2.39. The molecule has 0 bridgehead atoms. The first-order chi connectivity index (χ1) is 14.6. The van der Waals surface area contributed by atoms with Gasteiger partial charge in [-0.1, -0.05) is 29.6 Å². The van der Waals surface area contributed by atoms with Gasteiger partial charge in [-0.15, -0.1) is 0 Å². The number of carboxylic acid groups (broad SMARTS) is 1. The zero-order chi connectivity index (χ0) is 22.6. The molecule has 3 aromatic rings. The van der Waals surface area contributed by atoms with E-state index in [9.17, 15) is 24.2 Å². The van der Waals surface area contributed by atoms with E-state index < -0.39 is 35.2 Å². The maximum absolute atomic E-state index is 15.1. The van der Waals surface area contributed by atoms with Crippen molar-refractivity contribution < 1.29 is 28.6 Å². The SMILES string of the molecule is Cc1c(C(C(=O)O)C2CCC2)c2c(F)c(O)c(F)cc2n1C(=O)c1ccc(Cl)c(Cl)c1. The minimum atomic E-state index is -1.29. The average molecular weight is 468 g/mol. The van der Waals surface area contributed by atoms with Crippen molar-refractivity contribution in [2.45, 2.75) is 32.1 Å². The number of halogens is 4. The molecule has 1 aliphatic carbocycles. The summed E-state index contributed by atoms with van der Waals surface area (Å²) in [7, 11) is 0. The Labute approximate surface area is 185 Å². The van der Waals surface area contributed by atoms with Crippen LogP contribution in [0.15, 0.2) is 24.3 Å². The van der Waals surface area contributed by atoms with Crippen LogP contribution in [0.3, 0.4) is 0 Å². The topological polar surface area (TPSA) is 79.5 Å². The predicted molar refractivity (Wildman–Crippen MR) is 112 cm³/mol. The summed E-state index contributed by atoms with van der Waals surface area (Å²) in [4.78, 5) is 25.5. The van der Waals surface area contributed by atoms with E-state index >= 15 is 4.39 Å². The number of carboxylic acids is 1. The van der Waals surface area contributed by atoms with Gasteiger partial charge in [0.15, 0.2) is 17.4 Å². The third-order valence-corrected chi connectivity index (χ3v) is 6.72. The summed E-state index contributed by atoms with van der Waals surface area (Å²) in [6.45, 7) is 1.48. The van der Waals surface area contributed by atoms with Crippen LogP contribution in [-0.4, -0.2) is 26.7 Å². The van der Waals surface area contributed by atoms with E-state index in [-0.39, 0.29) is 43.7 Å². The Balaban J connectivity index is 2.04. The number of carbonyl (C=O) groups excluding carboxylic acids is 1. The quantitative estimate of drug-likeness (QED) is 0.500. The number of nitrogens with zero attached hydrogens (tertiary/aromatic N) is 1. The van der Waals surface area contributed by atoms with Crippen molar-refractivity contribution in [1.82, 2.24) is 4.57 Å². The minimum Gasteiger partial charge on any atom is -0.503 e. The van der Waals surface area contributed by atoms with Gasteiger partial charge in [0, 0.05) is 22.7 Å². The molecule has 0 amide bonds. The Morgan fingerprint density at radius 2 is 1.84 bits per heavy atom. The molecule has 0 radical (unpaired) electrons. The van der Waals surface area contributed by atoms with Gasteiger partial charge >= 0.3 is 5.97 Å². The summed E-state index contributed by atoms with van der Waals surface area (Å²) in [5.74, 6) is -6.94. The highest BCUT2D eigenvalue weighted by molar-refractivity contribution is 6.42. The first-order valence-electron chi connectivity index (χ1n) is 9.57. The molecule has 1 heterocycles. The van der Waals surface area contributed by atoms with E-state index in [4.69, 9.17) is 23.2 Å². The molecule has 1 aliphatic rings. The number of aromatic hydroxyl groups is 1. The Bertz CT molecular complexity index is 1250. The summed E-state index contributed by atoms with van der Waals surface area (Å²) in [6, 6.07) is 4.99. The van der Waals surface area contributed by atoms with E-state index in [1.807, 2.05) is 0 Å².